The number of aliphatic imine (C=N–C) groups is 1. The molecule has 0 amide bonds. The first-order valence-electron chi connectivity index (χ1n) is 11.6. The highest BCUT2D eigenvalue weighted by Crippen LogP contribution is 2.37. The second-order valence-corrected chi connectivity index (χ2v) is 9.18. The summed E-state index contributed by atoms with van der Waals surface area (Å²) in [6, 6.07) is 5.80. The summed E-state index contributed by atoms with van der Waals surface area (Å²) in [5.74, 6) is -1.29. The van der Waals surface area contributed by atoms with Crippen molar-refractivity contribution in [1.82, 2.24) is 15.0 Å². The molecule has 8 heteroatoms. The van der Waals surface area contributed by atoms with Crippen LogP contribution in [0.1, 0.15) is 49.9 Å². The molecule has 1 aliphatic heterocycles. The van der Waals surface area contributed by atoms with Crippen LogP contribution in [0.25, 0.3) is 22.3 Å². The SMILES string of the molecule is Cc1cnc2c(-c3ccc(F)cc3F)nc([C@@H]3C[C@@H](/C(C=NC4CC4)=C/N)O[C@@H](C)C3)cc2n1. The summed E-state index contributed by atoms with van der Waals surface area (Å²) in [7, 11) is 0. The maximum Gasteiger partial charge on any atom is 0.135 e. The smallest absolute Gasteiger partial charge is 0.135 e. The molecule has 3 aromatic rings. The molecule has 0 spiro atoms. The standard InChI is InChI=1S/C26H27F2N5O/c1-14-12-31-26-23(32-14)10-22(33-25(26)20-6-3-18(27)9-21(20)28)16-7-15(2)34-24(8-16)17(11-29)13-30-19-4-5-19/h3,6,9-13,15-16,19,24H,4-5,7-8,29H2,1-2H3/b17-11+,30-13?/t15-,16-,24-/m0/s1. The first-order valence-corrected chi connectivity index (χ1v) is 11.6. The van der Waals surface area contributed by atoms with Crippen LogP contribution in [0.15, 0.2) is 47.2 Å². The Kier molecular flexibility index (Phi) is 6.08. The molecule has 3 heterocycles. The molecular weight excluding hydrogens is 436 g/mol. The maximum absolute atomic E-state index is 14.8. The van der Waals surface area contributed by atoms with E-state index in [0.29, 0.717) is 29.2 Å². The van der Waals surface area contributed by atoms with E-state index in [2.05, 4.69) is 15.0 Å². The number of benzene rings is 1. The van der Waals surface area contributed by atoms with Gasteiger partial charge in [0.1, 0.15) is 22.8 Å². The molecule has 0 bridgehead atoms. The predicted molar refractivity (Wildman–Crippen MR) is 128 cm³/mol. The minimum atomic E-state index is -0.684. The number of fused-ring (bicyclic) bond motifs is 1. The quantitative estimate of drug-likeness (QED) is 0.538. The molecule has 1 saturated heterocycles. The third-order valence-electron chi connectivity index (χ3n) is 6.33. The fourth-order valence-corrected chi connectivity index (χ4v) is 4.46. The Hall–Kier alpha value is -3.26. The Morgan fingerprint density at radius 3 is 2.74 bits per heavy atom. The van der Waals surface area contributed by atoms with E-state index in [-0.39, 0.29) is 23.7 Å². The van der Waals surface area contributed by atoms with Crippen molar-refractivity contribution in [1.29, 1.82) is 0 Å². The molecule has 6 nitrogen and oxygen atoms in total. The van der Waals surface area contributed by atoms with Gasteiger partial charge in [0.25, 0.3) is 0 Å². The van der Waals surface area contributed by atoms with Crippen molar-refractivity contribution < 1.29 is 13.5 Å². The first-order chi connectivity index (χ1) is 16.4. The summed E-state index contributed by atoms with van der Waals surface area (Å²) in [4.78, 5) is 18.5. The predicted octanol–water partition coefficient (Wildman–Crippen LogP) is 5.01. The number of aromatic nitrogens is 3. The van der Waals surface area contributed by atoms with Crippen LogP contribution in [0.3, 0.4) is 0 Å². The Morgan fingerprint density at radius 1 is 1.18 bits per heavy atom. The molecule has 2 fully saturated rings. The Balaban J connectivity index is 1.56. The average molecular weight is 464 g/mol. The van der Waals surface area contributed by atoms with Crippen molar-refractivity contribution in [3.63, 3.8) is 0 Å². The summed E-state index contributed by atoms with van der Waals surface area (Å²) < 4.78 is 34.5. The minimum absolute atomic E-state index is 0.0277. The molecule has 0 unspecified atom stereocenters. The van der Waals surface area contributed by atoms with Gasteiger partial charge in [0, 0.05) is 47.4 Å². The Morgan fingerprint density at radius 2 is 2.00 bits per heavy atom. The summed E-state index contributed by atoms with van der Waals surface area (Å²) in [6.07, 6.45) is 8.41. The lowest BCUT2D eigenvalue weighted by Crippen LogP contribution is -2.32. The Labute approximate surface area is 197 Å². The van der Waals surface area contributed by atoms with E-state index in [1.165, 1.54) is 12.1 Å². The maximum atomic E-state index is 14.8. The van der Waals surface area contributed by atoms with E-state index in [1.807, 2.05) is 26.1 Å². The van der Waals surface area contributed by atoms with Crippen molar-refractivity contribution >= 4 is 17.2 Å². The van der Waals surface area contributed by atoms with Crippen molar-refractivity contribution in [2.45, 2.75) is 63.7 Å². The van der Waals surface area contributed by atoms with Gasteiger partial charge in [0.15, 0.2) is 0 Å². The lowest BCUT2D eigenvalue weighted by Gasteiger charge is -2.34. The highest BCUT2D eigenvalue weighted by molar-refractivity contribution is 5.89. The summed E-state index contributed by atoms with van der Waals surface area (Å²) in [5, 5.41) is 0. The van der Waals surface area contributed by atoms with Gasteiger partial charge in [0.05, 0.1) is 29.5 Å². The number of nitrogens with zero attached hydrogens (tertiary/aromatic N) is 4. The van der Waals surface area contributed by atoms with Crippen LogP contribution in [-0.4, -0.2) is 39.4 Å². The molecule has 2 aromatic heterocycles. The van der Waals surface area contributed by atoms with E-state index >= 15 is 0 Å². The zero-order valence-corrected chi connectivity index (χ0v) is 19.2. The Bertz CT molecular complexity index is 1290. The van der Waals surface area contributed by atoms with Gasteiger partial charge >= 0.3 is 0 Å². The molecule has 1 saturated carbocycles. The number of rotatable bonds is 5. The van der Waals surface area contributed by atoms with Gasteiger partial charge in [-0.1, -0.05) is 0 Å². The van der Waals surface area contributed by atoms with E-state index in [0.717, 1.165) is 42.3 Å². The molecular formula is C26H27F2N5O. The van der Waals surface area contributed by atoms with Crippen LogP contribution in [0, 0.1) is 18.6 Å². The monoisotopic (exact) mass is 463 g/mol. The summed E-state index contributed by atoms with van der Waals surface area (Å²) in [5.41, 5.74) is 9.97. The second-order valence-electron chi connectivity index (χ2n) is 9.18. The zero-order chi connectivity index (χ0) is 23.8. The number of aryl methyl sites for hydroxylation is 1. The molecule has 0 radical (unpaired) electrons. The van der Waals surface area contributed by atoms with E-state index < -0.39 is 11.6 Å². The van der Waals surface area contributed by atoms with Gasteiger partial charge in [-0.2, -0.15) is 0 Å². The largest absolute Gasteiger partial charge is 0.404 e. The van der Waals surface area contributed by atoms with Gasteiger partial charge in [0.2, 0.25) is 0 Å². The van der Waals surface area contributed by atoms with Gasteiger partial charge < -0.3 is 10.5 Å². The van der Waals surface area contributed by atoms with Crippen LogP contribution in [-0.2, 0) is 4.74 Å². The topological polar surface area (TPSA) is 86.3 Å². The number of nitrogens with two attached hydrogens (primary N) is 1. The fraction of sp³-hybridized carbons (Fsp3) is 0.385. The zero-order valence-electron chi connectivity index (χ0n) is 19.2. The number of hydrogen-bond acceptors (Lipinski definition) is 6. The highest BCUT2D eigenvalue weighted by Gasteiger charge is 2.32. The number of ether oxygens (including phenoxy) is 1. The lowest BCUT2D eigenvalue weighted by atomic mass is 9.86. The third kappa shape index (κ3) is 4.68. The molecule has 5 rings (SSSR count). The van der Waals surface area contributed by atoms with Crippen molar-refractivity contribution in [3.05, 3.63) is 65.3 Å². The number of hydrogen-bond donors (Lipinski definition) is 1. The van der Waals surface area contributed by atoms with Crippen molar-refractivity contribution in [2.75, 3.05) is 0 Å². The molecule has 1 aliphatic carbocycles. The van der Waals surface area contributed by atoms with Crippen LogP contribution in [0.5, 0.6) is 0 Å². The van der Waals surface area contributed by atoms with Gasteiger partial charge in [-0.05, 0) is 57.7 Å². The minimum Gasteiger partial charge on any atom is -0.404 e. The molecule has 176 valence electrons. The van der Waals surface area contributed by atoms with E-state index in [1.54, 1.807) is 12.4 Å². The molecule has 3 atom stereocenters. The van der Waals surface area contributed by atoms with Gasteiger partial charge in [-0.25, -0.2) is 18.7 Å². The van der Waals surface area contributed by atoms with Crippen molar-refractivity contribution in [2.24, 2.45) is 10.7 Å². The van der Waals surface area contributed by atoms with E-state index in [9.17, 15) is 8.78 Å². The van der Waals surface area contributed by atoms with Crippen molar-refractivity contribution in [3.8, 4) is 11.3 Å². The average Bonchev–Trinajstić information content (AvgIpc) is 3.63. The first kappa shape index (κ1) is 22.5. The molecule has 2 aliphatic rings. The van der Waals surface area contributed by atoms with Gasteiger partial charge in [-0.3, -0.25) is 9.98 Å². The van der Waals surface area contributed by atoms with Crippen LogP contribution in [0.2, 0.25) is 0 Å². The summed E-state index contributed by atoms with van der Waals surface area (Å²) >= 11 is 0. The van der Waals surface area contributed by atoms with Gasteiger partial charge in [-0.15, -0.1) is 0 Å². The van der Waals surface area contributed by atoms with E-state index in [4.69, 9.17) is 15.5 Å². The number of pyridine rings is 1. The highest BCUT2D eigenvalue weighted by atomic mass is 19.1. The number of halogens is 2. The van der Waals surface area contributed by atoms with Crippen LogP contribution >= 0.6 is 0 Å². The summed E-state index contributed by atoms with van der Waals surface area (Å²) in [6.45, 7) is 3.88. The van der Waals surface area contributed by atoms with Crippen LogP contribution < -0.4 is 5.73 Å². The third-order valence-corrected chi connectivity index (χ3v) is 6.33. The molecule has 34 heavy (non-hydrogen) atoms. The normalized spacial score (nSPS) is 23.6. The lowest BCUT2D eigenvalue weighted by molar-refractivity contribution is -0.0266. The fourth-order valence-electron chi connectivity index (χ4n) is 4.46. The molecule has 2 N–H and O–H groups in total. The second kappa shape index (κ2) is 9.18. The van der Waals surface area contributed by atoms with Crippen LogP contribution in [0.4, 0.5) is 8.78 Å². The molecule has 1 aromatic carbocycles.